The first kappa shape index (κ1) is 24.8. The second-order valence-electron chi connectivity index (χ2n) is 6.99. The number of carboxylic acids is 2. The van der Waals surface area contributed by atoms with Crippen LogP contribution in [0.4, 0.5) is 0 Å². The second kappa shape index (κ2) is 12.4. The lowest BCUT2D eigenvalue weighted by molar-refractivity contribution is -0.134. The van der Waals surface area contributed by atoms with Gasteiger partial charge in [0.2, 0.25) is 0 Å². The molecule has 2 aromatic carbocycles. The fourth-order valence-electron chi connectivity index (χ4n) is 2.87. The Kier molecular flexibility index (Phi) is 9.97. The lowest BCUT2D eigenvalue weighted by Crippen LogP contribution is -2.15. The number of aliphatic carboxylic acids is 2. The van der Waals surface area contributed by atoms with Crippen LogP contribution >= 0.6 is 23.5 Å². The molecule has 3 rings (SSSR count). The molecule has 2 aromatic rings. The maximum atomic E-state index is 9.55. The molecule has 0 aromatic heterocycles. The molecule has 0 bridgehead atoms. The number of nitrogens with zero attached hydrogens (tertiary/aromatic N) is 1. The van der Waals surface area contributed by atoms with Crippen molar-refractivity contribution in [3.8, 4) is 11.5 Å². The molecule has 1 aliphatic heterocycles. The van der Waals surface area contributed by atoms with Crippen molar-refractivity contribution in [2.75, 3.05) is 32.6 Å². The topological polar surface area (TPSA) is 87.1 Å². The fraction of sp³-hybridized carbons (Fsp3) is 0.304. The summed E-state index contributed by atoms with van der Waals surface area (Å²) in [5, 5.41) is 16.1. The summed E-state index contributed by atoms with van der Waals surface area (Å²) in [6.07, 6.45) is 4.27. The van der Waals surface area contributed by atoms with Crippen LogP contribution in [-0.4, -0.2) is 59.7 Å². The van der Waals surface area contributed by atoms with E-state index >= 15 is 0 Å². The fourth-order valence-corrected chi connectivity index (χ4v) is 4.73. The molecule has 1 aliphatic rings. The van der Waals surface area contributed by atoms with Crippen molar-refractivity contribution in [2.24, 2.45) is 0 Å². The second-order valence-corrected chi connectivity index (χ2v) is 9.18. The van der Waals surface area contributed by atoms with Gasteiger partial charge in [0.1, 0.15) is 11.5 Å². The number of benzene rings is 2. The Morgan fingerprint density at radius 2 is 1.77 bits per heavy atom. The summed E-state index contributed by atoms with van der Waals surface area (Å²) in [5.74, 6) is 0.624. The average Bonchev–Trinajstić information content (AvgIpc) is 2.88. The van der Waals surface area contributed by atoms with Crippen molar-refractivity contribution in [3.63, 3.8) is 0 Å². The number of thioether (sulfide) groups is 2. The molecule has 1 atom stereocenters. The highest BCUT2D eigenvalue weighted by Crippen LogP contribution is 2.45. The SMILES string of the molecule is CSc1ccc2c(c1)C(SCCN(C)C)Cc1ccccc1O2.O=C(O)/C=C\C(=O)O. The van der Waals surface area contributed by atoms with Crippen LogP contribution in [0.1, 0.15) is 16.4 Å². The van der Waals surface area contributed by atoms with Crippen molar-refractivity contribution in [1.82, 2.24) is 4.90 Å². The van der Waals surface area contributed by atoms with Crippen LogP contribution in [0.5, 0.6) is 11.5 Å². The van der Waals surface area contributed by atoms with Crippen LogP contribution in [0.25, 0.3) is 0 Å². The highest BCUT2D eigenvalue weighted by molar-refractivity contribution is 7.99. The quantitative estimate of drug-likeness (QED) is 0.449. The number of fused-ring (bicyclic) bond motifs is 2. The van der Waals surface area contributed by atoms with E-state index in [1.807, 2.05) is 17.8 Å². The van der Waals surface area contributed by atoms with E-state index in [0.29, 0.717) is 17.4 Å². The Balaban J connectivity index is 0.000000366. The van der Waals surface area contributed by atoms with Gasteiger partial charge in [0, 0.05) is 40.2 Å². The normalized spacial score (nSPS) is 14.6. The zero-order chi connectivity index (χ0) is 22.8. The van der Waals surface area contributed by atoms with Gasteiger partial charge in [-0.05, 0) is 56.6 Å². The third-order valence-electron chi connectivity index (χ3n) is 4.39. The number of carboxylic acid groups (broad SMARTS) is 2. The Labute approximate surface area is 191 Å². The maximum Gasteiger partial charge on any atom is 0.328 e. The van der Waals surface area contributed by atoms with E-state index in [1.54, 1.807) is 11.8 Å². The van der Waals surface area contributed by atoms with Crippen LogP contribution in [0.15, 0.2) is 59.5 Å². The number of carbonyl (C=O) groups is 2. The smallest absolute Gasteiger partial charge is 0.328 e. The Morgan fingerprint density at radius 3 is 2.39 bits per heavy atom. The minimum Gasteiger partial charge on any atom is -0.478 e. The molecule has 0 saturated heterocycles. The molecule has 0 spiro atoms. The van der Waals surface area contributed by atoms with Gasteiger partial charge in [-0.3, -0.25) is 0 Å². The monoisotopic (exact) mass is 461 g/mol. The molecule has 1 unspecified atom stereocenters. The zero-order valence-corrected chi connectivity index (χ0v) is 19.4. The van der Waals surface area contributed by atoms with Crippen molar-refractivity contribution >= 4 is 35.5 Å². The highest BCUT2D eigenvalue weighted by atomic mass is 32.2. The Morgan fingerprint density at radius 1 is 1.10 bits per heavy atom. The molecule has 1 heterocycles. The Bertz CT molecular complexity index is 914. The maximum absolute atomic E-state index is 9.55. The minimum absolute atomic E-state index is 0.445. The van der Waals surface area contributed by atoms with E-state index < -0.39 is 11.9 Å². The van der Waals surface area contributed by atoms with E-state index in [4.69, 9.17) is 14.9 Å². The van der Waals surface area contributed by atoms with Crippen LogP contribution in [0.3, 0.4) is 0 Å². The van der Waals surface area contributed by atoms with Gasteiger partial charge in [0.05, 0.1) is 0 Å². The summed E-state index contributed by atoms with van der Waals surface area (Å²) in [7, 11) is 4.26. The Hall–Kier alpha value is -2.42. The summed E-state index contributed by atoms with van der Waals surface area (Å²) in [6, 6.07) is 15.0. The summed E-state index contributed by atoms with van der Waals surface area (Å²) in [4.78, 5) is 22.7. The van der Waals surface area contributed by atoms with Gasteiger partial charge in [-0.2, -0.15) is 11.8 Å². The van der Waals surface area contributed by atoms with Gasteiger partial charge < -0.3 is 19.8 Å². The van der Waals surface area contributed by atoms with Gasteiger partial charge in [0.15, 0.2) is 0 Å². The number of ether oxygens (including phenoxy) is 1. The lowest BCUT2D eigenvalue weighted by Gasteiger charge is -2.18. The lowest BCUT2D eigenvalue weighted by atomic mass is 10.0. The van der Waals surface area contributed by atoms with Crippen LogP contribution in [0.2, 0.25) is 0 Å². The summed E-state index contributed by atoms with van der Waals surface area (Å²) in [5.41, 5.74) is 2.63. The van der Waals surface area contributed by atoms with Crippen LogP contribution in [-0.2, 0) is 16.0 Å². The van der Waals surface area contributed by atoms with Crippen LogP contribution in [0, 0.1) is 0 Å². The standard InChI is InChI=1S/C19H23NOS2.C4H4O4/c1-20(2)10-11-23-19-12-14-6-4-5-7-17(14)21-18-9-8-15(22-3)13-16(18)19;5-3(6)1-2-4(7)8/h4-9,13,19H,10-12H2,1-3H3;1-2H,(H,5,6)(H,7,8)/b;2-1-. The molecule has 6 nitrogen and oxygen atoms in total. The molecule has 0 fully saturated rings. The van der Waals surface area contributed by atoms with E-state index in [-0.39, 0.29) is 0 Å². The number of hydrogen-bond acceptors (Lipinski definition) is 6. The third-order valence-corrected chi connectivity index (χ3v) is 6.35. The predicted octanol–water partition coefficient (Wildman–Crippen LogP) is 4.80. The molecule has 0 amide bonds. The zero-order valence-electron chi connectivity index (χ0n) is 17.8. The van der Waals surface area contributed by atoms with E-state index in [0.717, 1.165) is 30.2 Å². The van der Waals surface area contributed by atoms with Crippen molar-refractivity contribution < 1.29 is 24.5 Å². The first-order valence-electron chi connectivity index (χ1n) is 9.64. The molecule has 31 heavy (non-hydrogen) atoms. The first-order valence-corrected chi connectivity index (χ1v) is 11.9. The molecule has 8 heteroatoms. The first-order chi connectivity index (χ1) is 14.8. The van der Waals surface area contributed by atoms with Gasteiger partial charge in [0.25, 0.3) is 0 Å². The van der Waals surface area contributed by atoms with Gasteiger partial charge >= 0.3 is 11.9 Å². The number of para-hydroxylation sites is 1. The van der Waals surface area contributed by atoms with Crippen molar-refractivity contribution in [1.29, 1.82) is 0 Å². The van der Waals surface area contributed by atoms with Gasteiger partial charge in [-0.25, -0.2) is 9.59 Å². The molecule has 0 saturated carbocycles. The molecule has 2 N–H and O–H groups in total. The summed E-state index contributed by atoms with van der Waals surface area (Å²) < 4.78 is 6.23. The number of rotatable bonds is 7. The van der Waals surface area contributed by atoms with Gasteiger partial charge in [-0.15, -0.1) is 11.8 Å². The number of hydrogen-bond donors (Lipinski definition) is 2. The van der Waals surface area contributed by atoms with E-state index in [9.17, 15) is 9.59 Å². The average molecular weight is 462 g/mol. The predicted molar refractivity (Wildman–Crippen MR) is 127 cm³/mol. The van der Waals surface area contributed by atoms with Gasteiger partial charge in [-0.1, -0.05) is 18.2 Å². The van der Waals surface area contributed by atoms with Crippen molar-refractivity contribution in [2.45, 2.75) is 16.6 Å². The minimum atomic E-state index is -1.26. The molecule has 166 valence electrons. The largest absolute Gasteiger partial charge is 0.478 e. The summed E-state index contributed by atoms with van der Waals surface area (Å²) in [6.45, 7) is 1.10. The van der Waals surface area contributed by atoms with Crippen molar-refractivity contribution in [3.05, 3.63) is 65.7 Å². The molecule has 0 radical (unpaired) electrons. The molecular formula is C23H27NO5S2. The van der Waals surface area contributed by atoms with E-state index in [1.165, 1.54) is 16.0 Å². The molecule has 0 aliphatic carbocycles. The summed E-state index contributed by atoms with van der Waals surface area (Å²) >= 11 is 3.82. The third kappa shape index (κ3) is 8.32. The molecular weight excluding hydrogens is 434 g/mol. The van der Waals surface area contributed by atoms with Crippen LogP contribution < -0.4 is 4.74 Å². The van der Waals surface area contributed by atoms with E-state index in [2.05, 4.69) is 61.6 Å². The highest BCUT2D eigenvalue weighted by Gasteiger charge is 2.24.